The first kappa shape index (κ1) is 21.2. The van der Waals surface area contributed by atoms with Crippen molar-refractivity contribution in [2.75, 3.05) is 26.2 Å². The fraction of sp³-hybridized carbons (Fsp3) is 0.364. The predicted molar refractivity (Wildman–Crippen MR) is 114 cm³/mol. The molecule has 3 heterocycles. The van der Waals surface area contributed by atoms with Gasteiger partial charge in [0.1, 0.15) is 5.82 Å². The average Bonchev–Trinajstić information content (AvgIpc) is 3.41. The van der Waals surface area contributed by atoms with Crippen molar-refractivity contribution in [1.82, 2.24) is 19.9 Å². The van der Waals surface area contributed by atoms with Crippen molar-refractivity contribution in [1.29, 1.82) is 0 Å². The lowest BCUT2D eigenvalue weighted by atomic mass is 10.2. The molecular formula is C22H23FN4O3S. The van der Waals surface area contributed by atoms with Crippen LogP contribution < -0.4 is 0 Å². The van der Waals surface area contributed by atoms with Gasteiger partial charge in [-0.3, -0.25) is 9.59 Å². The normalized spacial score (nSPS) is 14.5. The number of thiophene rings is 1. The zero-order valence-electron chi connectivity index (χ0n) is 17.0. The van der Waals surface area contributed by atoms with Crippen molar-refractivity contribution in [2.45, 2.75) is 25.7 Å². The molecule has 0 aliphatic carbocycles. The van der Waals surface area contributed by atoms with E-state index in [-0.39, 0.29) is 17.4 Å². The first-order valence-electron chi connectivity index (χ1n) is 10.3. The quantitative estimate of drug-likeness (QED) is 0.582. The summed E-state index contributed by atoms with van der Waals surface area (Å²) in [6.07, 6.45) is 2.19. The lowest BCUT2D eigenvalue weighted by Crippen LogP contribution is -2.37. The van der Waals surface area contributed by atoms with Crippen LogP contribution in [0.2, 0.25) is 0 Å². The number of hydrogen-bond acceptors (Lipinski definition) is 6. The molecule has 1 aromatic carbocycles. The van der Waals surface area contributed by atoms with E-state index < -0.39 is 5.82 Å². The van der Waals surface area contributed by atoms with Crippen molar-refractivity contribution in [3.05, 3.63) is 59.0 Å². The van der Waals surface area contributed by atoms with E-state index in [2.05, 4.69) is 10.1 Å². The molecule has 0 spiro atoms. The topological polar surface area (TPSA) is 79.5 Å². The molecule has 0 N–H and O–H groups in total. The van der Waals surface area contributed by atoms with Gasteiger partial charge in [0.15, 0.2) is 0 Å². The van der Waals surface area contributed by atoms with Crippen LogP contribution in [0.3, 0.4) is 0 Å². The van der Waals surface area contributed by atoms with Gasteiger partial charge in [-0.05, 0) is 36.4 Å². The molecule has 7 nitrogen and oxygen atoms in total. The number of carbonyl (C=O) groups excluding carboxylic acids is 2. The van der Waals surface area contributed by atoms with Gasteiger partial charge in [0.05, 0.1) is 10.4 Å². The summed E-state index contributed by atoms with van der Waals surface area (Å²) in [5, 5.41) is 5.93. The molecule has 9 heteroatoms. The van der Waals surface area contributed by atoms with Gasteiger partial charge in [-0.1, -0.05) is 23.4 Å². The lowest BCUT2D eigenvalue weighted by molar-refractivity contribution is -0.131. The molecular weight excluding hydrogens is 419 g/mol. The second kappa shape index (κ2) is 9.82. The number of aromatic nitrogens is 2. The number of aryl methyl sites for hydroxylation is 1. The second-order valence-electron chi connectivity index (χ2n) is 7.35. The second-order valence-corrected chi connectivity index (χ2v) is 8.30. The molecule has 162 valence electrons. The minimum absolute atomic E-state index is 0.0400. The van der Waals surface area contributed by atoms with Crippen LogP contribution in [0.1, 0.15) is 35.5 Å². The van der Waals surface area contributed by atoms with Crippen molar-refractivity contribution >= 4 is 23.2 Å². The van der Waals surface area contributed by atoms with Gasteiger partial charge in [-0.25, -0.2) is 4.39 Å². The van der Waals surface area contributed by atoms with E-state index in [0.29, 0.717) is 63.6 Å². The fourth-order valence-corrected chi connectivity index (χ4v) is 4.24. The number of benzene rings is 1. The standard InChI is InChI=1S/C22H23FN4O3S/c23-17-7-2-1-6-16(17)22(29)27-12-5-11-26(13-14-27)20(28)10-3-9-19-24-21(25-30-19)18-8-4-15-31-18/h1-2,4,6-8,15H,3,5,9-14H2. The van der Waals surface area contributed by atoms with Gasteiger partial charge in [0.2, 0.25) is 17.6 Å². The maximum absolute atomic E-state index is 13.9. The number of amides is 2. The average molecular weight is 443 g/mol. The number of carbonyl (C=O) groups is 2. The Bertz CT molecular complexity index is 1040. The number of rotatable bonds is 6. The minimum atomic E-state index is -0.520. The third kappa shape index (κ3) is 5.16. The molecule has 2 amide bonds. The Morgan fingerprint density at radius 3 is 2.68 bits per heavy atom. The maximum atomic E-state index is 13.9. The lowest BCUT2D eigenvalue weighted by Gasteiger charge is -2.22. The SMILES string of the molecule is O=C(CCCc1nc(-c2cccs2)no1)N1CCCN(C(=O)c2ccccc2F)CC1. The van der Waals surface area contributed by atoms with Gasteiger partial charge in [0, 0.05) is 39.0 Å². The molecule has 0 bridgehead atoms. The molecule has 31 heavy (non-hydrogen) atoms. The highest BCUT2D eigenvalue weighted by Gasteiger charge is 2.24. The summed E-state index contributed by atoms with van der Waals surface area (Å²) < 4.78 is 19.2. The number of hydrogen-bond donors (Lipinski definition) is 0. The van der Waals surface area contributed by atoms with E-state index in [9.17, 15) is 14.0 Å². The Balaban J connectivity index is 1.25. The molecule has 4 rings (SSSR count). The van der Waals surface area contributed by atoms with Crippen LogP contribution in [0, 0.1) is 5.82 Å². The Kier molecular flexibility index (Phi) is 6.71. The third-order valence-electron chi connectivity index (χ3n) is 5.23. The Hall–Kier alpha value is -3.07. The first-order valence-corrected chi connectivity index (χ1v) is 11.2. The van der Waals surface area contributed by atoms with Gasteiger partial charge in [-0.2, -0.15) is 4.98 Å². The molecule has 1 saturated heterocycles. The van der Waals surface area contributed by atoms with Crippen LogP contribution in [-0.2, 0) is 11.2 Å². The summed E-state index contributed by atoms with van der Waals surface area (Å²) in [6.45, 7) is 1.93. The summed E-state index contributed by atoms with van der Waals surface area (Å²) in [7, 11) is 0. The van der Waals surface area contributed by atoms with Crippen molar-refractivity contribution in [2.24, 2.45) is 0 Å². The highest BCUT2D eigenvalue weighted by Crippen LogP contribution is 2.21. The number of nitrogens with zero attached hydrogens (tertiary/aromatic N) is 4. The monoisotopic (exact) mass is 442 g/mol. The first-order chi connectivity index (χ1) is 15.1. The molecule has 1 fully saturated rings. The highest BCUT2D eigenvalue weighted by molar-refractivity contribution is 7.13. The zero-order chi connectivity index (χ0) is 21.6. The summed E-state index contributed by atoms with van der Waals surface area (Å²) in [5.74, 6) is 0.286. The third-order valence-corrected chi connectivity index (χ3v) is 6.10. The predicted octanol–water partition coefficient (Wildman–Crippen LogP) is 3.63. The Labute approximate surface area is 183 Å². The molecule has 0 unspecified atom stereocenters. The molecule has 0 saturated carbocycles. The Morgan fingerprint density at radius 2 is 1.87 bits per heavy atom. The fourth-order valence-electron chi connectivity index (χ4n) is 3.59. The van der Waals surface area contributed by atoms with Crippen LogP contribution in [0.4, 0.5) is 4.39 Å². The molecule has 0 atom stereocenters. The van der Waals surface area contributed by atoms with Crippen LogP contribution >= 0.6 is 11.3 Å². The minimum Gasteiger partial charge on any atom is -0.341 e. The van der Waals surface area contributed by atoms with E-state index >= 15 is 0 Å². The van der Waals surface area contributed by atoms with Gasteiger partial charge in [0.25, 0.3) is 5.91 Å². The highest BCUT2D eigenvalue weighted by atomic mass is 32.1. The summed E-state index contributed by atoms with van der Waals surface area (Å²) in [4.78, 5) is 34.0. The van der Waals surface area contributed by atoms with Crippen molar-refractivity contribution in [3.63, 3.8) is 0 Å². The van der Waals surface area contributed by atoms with Gasteiger partial charge >= 0.3 is 0 Å². The van der Waals surface area contributed by atoms with E-state index in [1.54, 1.807) is 33.3 Å². The van der Waals surface area contributed by atoms with Crippen LogP contribution in [0.5, 0.6) is 0 Å². The molecule has 1 aliphatic heterocycles. The van der Waals surface area contributed by atoms with Gasteiger partial charge < -0.3 is 14.3 Å². The van der Waals surface area contributed by atoms with Crippen LogP contribution in [0.25, 0.3) is 10.7 Å². The van der Waals surface area contributed by atoms with Crippen LogP contribution in [-0.4, -0.2) is 57.9 Å². The zero-order valence-corrected chi connectivity index (χ0v) is 17.8. The van der Waals surface area contributed by atoms with Crippen molar-refractivity contribution in [3.8, 4) is 10.7 Å². The Morgan fingerprint density at radius 1 is 1.06 bits per heavy atom. The molecule has 0 radical (unpaired) electrons. The molecule has 1 aliphatic rings. The van der Waals surface area contributed by atoms with E-state index in [1.807, 2.05) is 17.5 Å². The molecule has 3 aromatic rings. The molecule has 2 aromatic heterocycles. The van der Waals surface area contributed by atoms with E-state index in [4.69, 9.17) is 4.52 Å². The summed E-state index contributed by atoms with van der Waals surface area (Å²) >= 11 is 1.55. The van der Waals surface area contributed by atoms with E-state index in [0.717, 1.165) is 4.88 Å². The van der Waals surface area contributed by atoms with Gasteiger partial charge in [-0.15, -0.1) is 11.3 Å². The maximum Gasteiger partial charge on any atom is 0.256 e. The number of halogens is 1. The summed E-state index contributed by atoms with van der Waals surface area (Å²) in [6, 6.07) is 9.85. The smallest absolute Gasteiger partial charge is 0.256 e. The van der Waals surface area contributed by atoms with E-state index in [1.165, 1.54) is 12.1 Å². The van der Waals surface area contributed by atoms with Crippen LogP contribution in [0.15, 0.2) is 46.3 Å². The largest absolute Gasteiger partial charge is 0.341 e. The summed E-state index contributed by atoms with van der Waals surface area (Å²) in [5.41, 5.74) is 0.0729. The van der Waals surface area contributed by atoms with Crippen molar-refractivity contribution < 1.29 is 18.5 Å².